The molecule has 0 spiro atoms. The molecule has 0 unspecified atom stereocenters. The summed E-state index contributed by atoms with van der Waals surface area (Å²) in [4.78, 5) is 3.06. The Hall–Kier alpha value is -0.760. The first-order valence-electron chi connectivity index (χ1n) is 4.98. The molecule has 0 saturated heterocycles. The van der Waals surface area contributed by atoms with E-state index in [1.165, 1.54) is 24.8 Å². The summed E-state index contributed by atoms with van der Waals surface area (Å²) in [6.07, 6.45) is 8.76. The van der Waals surface area contributed by atoms with Crippen molar-refractivity contribution in [3.05, 3.63) is 24.0 Å². The molecule has 1 heterocycles. The quantitative estimate of drug-likeness (QED) is 0.671. The maximum Gasteiger partial charge on any atom is 0.00970 e. The predicted molar refractivity (Wildman–Crippen MR) is 56.6 cm³/mol. The fourth-order valence-corrected chi connectivity index (χ4v) is 1.42. The molecule has 0 atom stereocenters. The van der Waals surface area contributed by atoms with Crippen LogP contribution in [0.15, 0.2) is 18.5 Å². The van der Waals surface area contributed by atoms with E-state index in [2.05, 4.69) is 31.1 Å². The lowest BCUT2D eigenvalue weighted by Crippen LogP contribution is -2.31. The third-order valence-corrected chi connectivity index (χ3v) is 2.20. The van der Waals surface area contributed by atoms with E-state index in [4.69, 9.17) is 5.73 Å². The maximum atomic E-state index is 5.89. The van der Waals surface area contributed by atoms with Crippen molar-refractivity contribution in [3.63, 3.8) is 0 Å². The Morgan fingerprint density at radius 3 is 2.69 bits per heavy atom. The van der Waals surface area contributed by atoms with Crippen molar-refractivity contribution in [3.8, 4) is 0 Å². The van der Waals surface area contributed by atoms with E-state index >= 15 is 0 Å². The SMILES string of the molecule is CC(C)(N)CCCCc1cc[nH]c1. The highest BCUT2D eigenvalue weighted by atomic mass is 14.7. The van der Waals surface area contributed by atoms with Crippen molar-refractivity contribution >= 4 is 0 Å². The molecule has 2 heteroatoms. The number of aromatic nitrogens is 1. The lowest BCUT2D eigenvalue weighted by atomic mass is 9.97. The van der Waals surface area contributed by atoms with E-state index in [1.807, 2.05) is 6.20 Å². The van der Waals surface area contributed by atoms with Crippen LogP contribution in [-0.4, -0.2) is 10.5 Å². The summed E-state index contributed by atoms with van der Waals surface area (Å²) in [7, 11) is 0. The number of hydrogen-bond acceptors (Lipinski definition) is 1. The normalized spacial score (nSPS) is 11.9. The molecule has 0 aliphatic carbocycles. The van der Waals surface area contributed by atoms with Crippen LogP contribution in [0.4, 0.5) is 0 Å². The molecule has 1 rings (SSSR count). The molecular formula is C11H20N2. The molecule has 13 heavy (non-hydrogen) atoms. The highest BCUT2D eigenvalue weighted by molar-refractivity contribution is 5.07. The Bertz CT molecular complexity index is 219. The van der Waals surface area contributed by atoms with Gasteiger partial charge in [0, 0.05) is 17.9 Å². The highest BCUT2D eigenvalue weighted by Crippen LogP contribution is 2.11. The molecule has 0 fully saturated rings. The summed E-state index contributed by atoms with van der Waals surface area (Å²) in [5.41, 5.74) is 7.28. The lowest BCUT2D eigenvalue weighted by Gasteiger charge is -2.17. The van der Waals surface area contributed by atoms with Crippen LogP contribution in [0.1, 0.15) is 38.7 Å². The zero-order chi connectivity index (χ0) is 9.73. The Balaban J connectivity index is 2.09. The largest absolute Gasteiger partial charge is 0.367 e. The van der Waals surface area contributed by atoms with Gasteiger partial charge in [-0.3, -0.25) is 0 Å². The van der Waals surface area contributed by atoms with E-state index in [0.29, 0.717) is 0 Å². The third-order valence-electron chi connectivity index (χ3n) is 2.20. The van der Waals surface area contributed by atoms with Crippen LogP contribution in [0, 0.1) is 0 Å². The summed E-state index contributed by atoms with van der Waals surface area (Å²) in [5.74, 6) is 0. The number of unbranched alkanes of at least 4 members (excludes halogenated alkanes) is 1. The van der Waals surface area contributed by atoms with Crippen LogP contribution in [0.3, 0.4) is 0 Å². The first-order valence-corrected chi connectivity index (χ1v) is 4.98. The van der Waals surface area contributed by atoms with Crippen molar-refractivity contribution in [1.29, 1.82) is 0 Å². The maximum absolute atomic E-state index is 5.89. The molecular weight excluding hydrogens is 160 g/mol. The standard InChI is InChI=1S/C11H20N2/c1-11(2,12)7-4-3-5-10-6-8-13-9-10/h6,8-9,13H,3-5,7,12H2,1-2H3. The summed E-state index contributed by atoms with van der Waals surface area (Å²) in [6, 6.07) is 2.13. The Labute approximate surface area is 80.5 Å². The molecule has 0 saturated carbocycles. The molecule has 0 aliphatic rings. The fraction of sp³-hybridized carbons (Fsp3) is 0.636. The number of H-pyrrole nitrogens is 1. The molecule has 2 nitrogen and oxygen atoms in total. The summed E-state index contributed by atoms with van der Waals surface area (Å²) in [6.45, 7) is 4.17. The van der Waals surface area contributed by atoms with Crippen molar-refractivity contribution in [2.75, 3.05) is 0 Å². The lowest BCUT2D eigenvalue weighted by molar-refractivity contribution is 0.450. The first kappa shape index (κ1) is 10.3. The second kappa shape index (κ2) is 4.47. The number of aryl methyl sites for hydroxylation is 1. The van der Waals surface area contributed by atoms with Crippen LogP contribution in [0.25, 0.3) is 0 Å². The number of aromatic amines is 1. The second-order valence-corrected chi connectivity index (χ2v) is 4.41. The molecule has 1 aromatic rings. The van der Waals surface area contributed by atoms with Gasteiger partial charge in [-0.25, -0.2) is 0 Å². The van der Waals surface area contributed by atoms with E-state index in [0.717, 1.165) is 6.42 Å². The molecule has 0 aromatic carbocycles. The van der Waals surface area contributed by atoms with Gasteiger partial charge in [0.2, 0.25) is 0 Å². The van der Waals surface area contributed by atoms with Crippen molar-refractivity contribution in [2.45, 2.75) is 45.1 Å². The fourth-order valence-electron chi connectivity index (χ4n) is 1.42. The second-order valence-electron chi connectivity index (χ2n) is 4.41. The van der Waals surface area contributed by atoms with Crippen LogP contribution >= 0.6 is 0 Å². The van der Waals surface area contributed by atoms with Gasteiger partial charge in [-0.1, -0.05) is 6.42 Å². The molecule has 1 aromatic heterocycles. The Morgan fingerprint density at radius 1 is 1.38 bits per heavy atom. The minimum atomic E-state index is -0.00184. The number of hydrogen-bond donors (Lipinski definition) is 2. The molecule has 0 amide bonds. The Morgan fingerprint density at radius 2 is 2.15 bits per heavy atom. The van der Waals surface area contributed by atoms with Gasteiger partial charge in [-0.2, -0.15) is 0 Å². The third kappa shape index (κ3) is 4.73. The molecule has 0 aliphatic heterocycles. The van der Waals surface area contributed by atoms with Crippen LogP contribution in [0.5, 0.6) is 0 Å². The van der Waals surface area contributed by atoms with Gasteiger partial charge >= 0.3 is 0 Å². The zero-order valence-corrected chi connectivity index (χ0v) is 8.64. The van der Waals surface area contributed by atoms with Gasteiger partial charge in [0.15, 0.2) is 0 Å². The van der Waals surface area contributed by atoms with Crippen LogP contribution < -0.4 is 5.73 Å². The van der Waals surface area contributed by atoms with E-state index in [9.17, 15) is 0 Å². The zero-order valence-electron chi connectivity index (χ0n) is 8.64. The summed E-state index contributed by atoms with van der Waals surface area (Å²) >= 11 is 0. The van der Waals surface area contributed by atoms with Crippen LogP contribution in [-0.2, 0) is 6.42 Å². The summed E-state index contributed by atoms with van der Waals surface area (Å²) in [5, 5.41) is 0. The van der Waals surface area contributed by atoms with Crippen molar-refractivity contribution < 1.29 is 0 Å². The monoisotopic (exact) mass is 180 g/mol. The first-order chi connectivity index (χ1) is 6.08. The average Bonchev–Trinajstić information content (AvgIpc) is 2.48. The smallest absolute Gasteiger partial charge is 0.00970 e. The molecule has 0 bridgehead atoms. The van der Waals surface area contributed by atoms with Crippen LogP contribution in [0.2, 0.25) is 0 Å². The van der Waals surface area contributed by atoms with Gasteiger partial charge < -0.3 is 10.7 Å². The van der Waals surface area contributed by atoms with Gasteiger partial charge in [0.1, 0.15) is 0 Å². The minimum Gasteiger partial charge on any atom is -0.367 e. The van der Waals surface area contributed by atoms with Crippen molar-refractivity contribution in [1.82, 2.24) is 4.98 Å². The van der Waals surface area contributed by atoms with E-state index in [-0.39, 0.29) is 5.54 Å². The van der Waals surface area contributed by atoms with Gasteiger partial charge in [-0.05, 0) is 44.7 Å². The van der Waals surface area contributed by atoms with Gasteiger partial charge in [-0.15, -0.1) is 0 Å². The Kier molecular flexibility index (Phi) is 3.55. The molecule has 74 valence electrons. The van der Waals surface area contributed by atoms with Gasteiger partial charge in [0.05, 0.1) is 0 Å². The average molecular weight is 180 g/mol. The topological polar surface area (TPSA) is 41.8 Å². The van der Waals surface area contributed by atoms with Crippen molar-refractivity contribution in [2.24, 2.45) is 5.73 Å². The highest BCUT2D eigenvalue weighted by Gasteiger charge is 2.08. The molecule has 0 radical (unpaired) electrons. The van der Waals surface area contributed by atoms with E-state index in [1.54, 1.807) is 0 Å². The number of nitrogens with two attached hydrogens (primary N) is 1. The van der Waals surface area contributed by atoms with E-state index < -0.39 is 0 Å². The molecule has 3 N–H and O–H groups in total. The predicted octanol–water partition coefficient (Wildman–Crippen LogP) is 2.46. The number of nitrogens with one attached hydrogen (secondary N) is 1. The minimum absolute atomic E-state index is 0.00184. The summed E-state index contributed by atoms with van der Waals surface area (Å²) < 4.78 is 0. The number of rotatable bonds is 5. The van der Waals surface area contributed by atoms with Gasteiger partial charge in [0.25, 0.3) is 0 Å².